The van der Waals surface area contributed by atoms with Crippen LogP contribution in [0.15, 0.2) is 60.7 Å². The molecule has 0 spiro atoms. The minimum absolute atomic E-state index is 0.226. The van der Waals surface area contributed by atoms with Crippen molar-refractivity contribution in [3.05, 3.63) is 71.8 Å². The van der Waals surface area contributed by atoms with Crippen molar-refractivity contribution in [1.82, 2.24) is 0 Å². The van der Waals surface area contributed by atoms with Crippen molar-refractivity contribution in [1.29, 1.82) is 0 Å². The Hall–Kier alpha value is -4.51. The number of rotatable bonds is 10. The predicted octanol–water partition coefficient (Wildman–Crippen LogP) is 3.04. The van der Waals surface area contributed by atoms with Crippen molar-refractivity contribution >= 4 is 35.7 Å². The van der Waals surface area contributed by atoms with E-state index in [4.69, 9.17) is 28.4 Å². The topological polar surface area (TPSA) is 141 Å². The normalized spacial score (nSPS) is 22.1. The van der Waals surface area contributed by atoms with Gasteiger partial charge in [0.1, 0.15) is 18.5 Å². The number of ether oxygens (including phenoxy) is 6. The number of hydrogen-bond donors (Lipinski definition) is 0. The van der Waals surface area contributed by atoms with Crippen LogP contribution in [0.4, 0.5) is 0 Å². The van der Waals surface area contributed by atoms with Crippen LogP contribution in [0, 0.1) is 0 Å². The monoisotopic (exact) mass is 554 g/mol. The van der Waals surface area contributed by atoms with E-state index in [1.165, 1.54) is 37.3 Å². The largest absolute Gasteiger partial charge is 0.463 e. The average Bonchev–Trinajstić information content (AvgIpc) is 2.89. The van der Waals surface area contributed by atoms with Crippen molar-refractivity contribution in [2.75, 3.05) is 6.61 Å². The molecule has 1 heterocycles. The highest BCUT2D eigenvalue weighted by molar-refractivity contribution is 6.06. The van der Waals surface area contributed by atoms with Gasteiger partial charge in [0.15, 0.2) is 18.0 Å². The molecule has 0 bridgehead atoms. The number of hydrogen-bond acceptors (Lipinski definition) is 11. The SMILES string of the molecule is CC(=O)OCC1OC(Oc2ccc(C(=O)/C=C/c3ccccc3)cc2)C(OC(C)=O)C(OC(C)=O)C1OC(C)=O. The fourth-order valence-electron chi connectivity index (χ4n) is 3.95. The first kappa shape index (κ1) is 30.0. The van der Waals surface area contributed by atoms with Crippen LogP contribution in [0.1, 0.15) is 43.6 Å². The lowest BCUT2D eigenvalue weighted by atomic mass is 9.98. The molecule has 3 rings (SSSR count). The highest BCUT2D eigenvalue weighted by Gasteiger charge is 2.53. The molecule has 0 aliphatic carbocycles. The summed E-state index contributed by atoms with van der Waals surface area (Å²) < 4.78 is 33.0. The first-order chi connectivity index (χ1) is 19.0. The third-order valence-electron chi connectivity index (χ3n) is 5.57. The van der Waals surface area contributed by atoms with Gasteiger partial charge in [-0.2, -0.15) is 0 Å². The third kappa shape index (κ3) is 8.77. The van der Waals surface area contributed by atoms with E-state index in [9.17, 15) is 24.0 Å². The summed E-state index contributed by atoms with van der Waals surface area (Å²) in [5, 5.41) is 0. The van der Waals surface area contributed by atoms with E-state index in [0.29, 0.717) is 5.56 Å². The molecule has 2 aromatic rings. The van der Waals surface area contributed by atoms with E-state index < -0.39 is 54.6 Å². The van der Waals surface area contributed by atoms with Crippen LogP contribution in [-0.2, 0) is 42.9 Å². The second-order valence-electron chi connectivity index (χ2n) is 8.82. The van der Waals surface area contributed by atoms with E-state index in [1.54, 1.807) is 6.08 Å². The molecule has 2 aromatic carbocycles. The zero-order chi connectivity index (χ0) is 29.2. The number of allylic oxidation sites excluding steroid dienone is 1. The maximum absolute atomic E-state index is 12.6. The second kappa shape index (κ2) is 14.0. The van der Waals surface area contributed by atoms with Gasteiger partial charge >= 0.3 is 23.9 Å². The van der Waals surface area contributed by atoms with Gasteiger partial charge < -0.3 is 28.4 Å². The van der Waals surface area contributed by atoms with Crippen LogP contribution in [0.5, 0.6) is 5.75 Å². The van der Waals surface area contributed by atoms with Gasteiger partial charge in [-0.3, -0.25) is 24.0 Å². The Morgan fingerprint density at radius 2 is 1.30 bits per heavy atom. The second-order valence-corrected chi connectivity index (χ2v) is 8.82. The van der Waals surface area contributed by atoms with Crippen LogP contribution in [0.25, 0.3) is 6.08 Å². The van der Waals surface area contributed by atoms with Crippen LogP contribution in [0.3, 0.4) is 0 Å². The van der Waals surface area contributed by atoms with Gasteiger partial charge in [-0.05, 0) is 35.9 Å². The van der Waals surface area contributed by atoms with E-state index in [1.807, 2.05) is 30.3 Å². The summed E-state index contributed by atoms with van der Waals surface area (Å²) in [5.74, 6) is -2.87. The highest BCUT2D eigenvalue weighted by atomic mass is 16.7. The fourth-order valence-corrected chi connectivity index (χ4v) is 3.95. The summed E-state index contributed by atoms with van der Waals surface area (Å²) in [5.41, 5.74) is 1.26. The van der Waals surface area contributed by atoms with Crippen LogP contribution in [-0.4, -0.2) is 67.0 Å². The van der Waals surface area contributed by atoms with Gasteiger partial charge in [-0.15, -0.1) is 0 Å². The molecule has 1 aliphatic heterocycles. The zero-order valence-corrected chi connectivity index (χ0v) is 22.4. The number of esters is 4. The Balaban J connectivity index is 1.86. The summed E-state index contributed by atoms with van der Waals surface area (Å²) in [6.07, 6.45) is -3.38. The lowest BCUT2D eigenvalue weighted by molar-refractivity contribution is -0.288. The molecule has 5 atom stereocenters. The standard InChI is InChI=1S/C29H30O11/c1-17(30)35-16-25-26(36-18(2)31)27(37-19(3)32)28(38-20(4)33)29(40-25)39-23-13-11-22(12-14-23)24(34)15-10-21-8-6-5-7-9-21/h5-15,25-29H,16H2,1-4H3/b15-10+. The summed E-state index contributed by atoms with van der Waals surface area (Å²) in [4.78, 5) is 59.8. The van der Waals surface area contributed by atoms with Crippen LogP contribution >= 0.6 is 0 Å². The summed E-state index contributed by atoms with van der Waals surface area (Å²) in [7, 11) is 0. The lowest BCUT2D eigenvalue weighted by Crippen LogP contribution is -2.63. The zero-order valence-electron chi connectivity index (χ0n) is 22.4. The molecule has 0 N–H and O–H groups in total. The Labute approximate surface area is 230 Å². The third-order valence-corrected chi connectivity index (χ3v) is 5.57. The molecule has 0 aromatic heterocycles. The summed E-state index contributed by atoms with van der Waals surface area (Å²) in [6.45, 7) is 4.20. The molecule has 0 saturated carbocycles. The Morgan fingerprint density at radius 3 is 1.88 bits per heavy atom. The van der Waals surface area contributed by atoms with Gasteiger partial charge in [0, 0.05) is 33.3 Å². The van der Waals surface area contributed by atoms with Crippen molar-refractivity contribution < 1.29 is 52.4 Å². The molecular formula is C29H30O11. The Bertz CT molecular complexity index is 1240. The van der Waals surface area contributed by atoms with Gasteiger partial charge in [-0.25, -0.2) is 0 Å². The van der Waals surface area contributed by atoms with Crippen LogP contribution in [0.2, 0.25) is 0 Å². The smallest absolute Gasteiger partial charge is 0.303 e. The maximum Gasteiger partial charge on any atom is 0.303 e. The molecule has 0 amide bonds. The van der Waals surface area contributed by atoms with Gasteiger partial charge in [-0.1, -0.05) is 36.4 Å². The van der Waals surface area contributed by atoms with Crippen molar-refractivity contribution in [3.8, 4) is 5.75 Å². The lowest BCUT2D eigenvalue weighted by Gasteiger charge is -2.43. The Morgan fingerprint density at radius 1 is 0.725 bits per heavy atom. The molecule has 1 fully saturated rings. The molecule has 40 heavy (non-hydrogen) atoms. The van der Waals surface area contributed by atoms with Crippen LogP contribution < -0.4 is 4.74 Å². The molecule has 0 radical (unpaired) electrons. The van der Waals surface area contributed by atoms with Crippen molar-refractivity contribution in [2.45, 2.75) is 58.4 Å². The minimum atomic E-state index is -1.37. The molecule has 1 aliphatic rings. The summed E-state index contributed by atoms with van der Waals surface area (Å²) >= 11 is 0. The fraction of sp³-hybridized carbons (Fsp3) is 0.345. The number of benzene rings is 2. The van der Waals surface area contributed by atoms with E-state index >= 15 is 0 Å². The molecule has 212 valence electrons. The predicted molar refractivity (Wildman–Crippen MR) is 139 cm³/mol. The van der Waals surface area contributed by atoms with Crippen molar-refractivity contribution in [3.63, 3.8) is 0 Å². The van der Waals surface area contributed by atoms with Crippen molar-refractivity contribution in [2.24, 2.45) is 0 Å². The van der Waals surface area contributed by atoms with E-state index in [-0.39, 0.29) is 18.1 Å². The number of ketones is 1. The molecule has 11 nitrogen and oxygen atoms in total. The maximum atomic E-state index is 12.6. The first-order valence-corrected chi connectivity index (χ1v) is 12.4. The molecule has 5 unspecified atom stereocenters. The van der Waals surface area contributed by atoms with E-state index in [0.717, 1.165) is 26.3 Å². The highest BCUT2D eigenvalue weighted by Crippen LogP contribution is 2.31. The molecule has 1 saturated heterocycles. The number of carbonyl (C=O) groups is 5. The minimum Gasteiger partial charge on any atom is -0.463 e. The molecular weight excluding hydrogens is 524 g/mol. The molecule has 11 heteroatoms. The average molecular weight is 555 g/mol. The number of carbonyl (C=O) groups excluding carboxylic acids is 5. The Kier molecular flexibility index (Phi) is 10.5. The van der Waals surface area contributed by atoms with Gasteiger partial charge in [0.05, 0.1) is 0 Å². The summed E-state index contributed by atoms with van der Waals surface area (Å²) in [6, 6.07) is 15.5. The quantitative estimate of drug-likeness (QED) is 0.185. The van der Waals surface area contributed by atoms with Gasteiger partial charge in [0.2, 0.25) is 12.4 Å². The van der Waals surface area contributed by atoms with E-state index in [2.05, 4.69) is 0 Å². The first-order valence-electron chi connectivity index (χ1n) is 12.4. The van der Waals surface area contributed by atoms with Gasteiger partial charge in [0.25, 0.3) is 0 Å².